The van der Waals surface area contributed by atoms with E-state index in [1.165, 1.54) is 0 Å². The van der Waals surface area contributed by atoms with Crippen molar-refractivity contribution >= 4 is 15.9 Å². The van der Waals surface area contributed by atoms with E-state index in [1.807, 2.05) is 30.3 Å². The standard InChI is InChI=1S/C11H16BrN5/c1-3-10(13)11(8-4-14-16(2)6-8)17-7-9(12)5-15-17/h4-7,10-11H,3,13H2,1-2H3. The lowest BCUT2D eigenvalue weighted by molar-refractivity contribution is 0.423. The zero-order valence-corrected chi connectivity index (χ0v) is 11.5. The Balaban J connectivity index is 2.38. The minimum Gasteiger partial charge on any atom is -0.326 e. The van der Waals surface area contributed by atoms with E-state index in [9.17, 15) is 0 Å². The summed E-state index contributed by atoms with van der Waals surface area (Å²) in [5.41, 5.74) is 7.27. The molecular formula is C11H16BrN5. The van der Waals surface area contributed by atoms with Crippen LogP contribution in [0.4, 0.5) is 0 Å². The molecule has 2 N–H and O–H groups in total. The SMILES string of the molecule is CCC(N)C(c1cnn(C)c1)n1cc(Br)cn1. The molecule has 0 bridgehead atoms. The summed E-state index contributed by atoms with van der Waals surface area (Å²) in [6.07, 6.45) is 8.42. The molecule has 0 aromatic carbocycles. The highest BCUT2D eigenvalue weighted by molar-refractivity contribution is 9.10. The Hall–Kier alpha value is -1.14. The zero-order chi connectivity index (χ0) is 12.4. The fourth-order valence-corrected chi connectivity index (χ4v) is 2.18. The Kier molecular flexibility index (Phi) is 3.63. The quantitative estimate of drug-likeness (QED) is 0.934. The average Bonchev–Trinajstić information content (AvgIpc) is 2.89. The Labute approximate surface area is 109 Å². The first-order chi connectivity index (χ1) is 8.11. The Bertz CT molecular complexity index is 449. The molecule has 17 heavy (non-hydrogen) atoms. The van der Waals surface area contributed by atoms with Gasteiger partial charge in [0.1, 0.15) is 0 Å². The molecule has 0 aliphatic rings. The highest BCUT2D eigenvalue weighted by Crippen LogP contribution is 2.23. The van der Waals surface area contributed by atoms with Gasteiger partial charge in [-0.1, -0.05) is 6.92 Å². The first-order valence-electron chi connectivity index (χ1n) is 5.55. The van der Waals surface area contributed by atoms with Crippen LogP contribution in [0.5, 0.6) is 0 Å². The van der Waals surface area contributed by atoms with Gasteiger partial charge < -0.3 is 5.73 Å². The van der Waals surface area contributed by atoms with Gasteiger partial charge in [-0.2, -0.15) is 10.2 Å². The van der Waals surface area contributed by atoms with E-state index in [4.69, 9.17) is 5.73 Å². The molecule has 92 valence electrons. The summed E-state index contributed by atoms with van der Waals surface area (Å²) in [6, 6.07) is 0.0472. The maximum absolute atomic E-state index is 6.19. The number of nitrogens with zero attached hydrogens (tertiary/aromatic N) is 4. The van der Waals surface area contributed by atoms with E-state index in [1.54, 1.807) is 10.9 Å². The van der Waals surface area contributed by atoms with Crippen LogP contribution in [0.25, 0.3) is 0 Å². The molecular weight excluding hydrogens is 282 g/mol. The lowest BCUT2D eigenvalue weighted by Crippen LogP contribution is -2.32. The molecule has 2 aromatic heterocycles. The summed E-state index contributed by atoms with van der Waals surface area (Å²) in [6.45, 7) is 2.08. The summed E-state index contributed by atoms with van der Waals surface area (Å²) in [5, 5.41) is 8.52. The molecule has 2 aromatic rings. The van der Waals surface area contributed by atoms with Crippen molar-refractivity contribution in [2.75, 3.05) is 0 Å². The predicted octanol–water partition coefficient (Wildman–Crippen LogP) is 1.71. The van der Waals surface area contributed by atoms with E-state index < -0.39 is 0 Å². The van der Waals surface area contributed by atoms with E-state index in [0.717, 1.165) is 16.5 Å². The Morgan fingerprint density at radius 2 is 2.12 bits per heavy atom. The third-order valence-corrected chi connectivity index (χ3v) is 3.21. The van der Waals surface area contributed by atoms with Crippen LogP contribution in [0.3, 0.4) is 0 Å². The number of aromatic nitrogens is 4. The van der Waals surface area contributed by atoms with Crippen LogP contribution < -0.4 is 5.73 Å². The molecule has 2 rings (SSSR count). The highest BCUT2D eigenvalue weighted by Gasteiger charge is 2.22. The molecule has 0 amide bonds. The van der Waals surface area contributed by atoms with Crippen molar-refractivity contribution in [2.24, 2.45) is 12.8 Å². The van der Waals surface area contributed by atoms with Crippen molar-refractivity contribution in [1.29, 1.82) is 0 Å². The molecule has 2 unspecified atom stereocenters. The molecule has 6 heteroatoms. The summed E-state index contributed by atoms with van der Waals surface area (Å²) in [7, 11) is 1.90. The number of rotatable bonds is 4. The molecule has 0 fully saturated rings. The number of hydrogen-bond donors (Lipinski definition) is 1. The van der Waals surface area contributed by atoms with Gasteiger partial charge in [-0.05, 0) is 22.4 Å². The lowest BCUT2D eigenvalue weighted by Gasteiger charge is -2.22. The smallest absolute Gasteiger partial charge is 0.0949 e. The summed E-state index contributed by atoms with van der Waals surface area (Å²) < 4.78 is 4.62. The minimum absolute atomic E-state index is 0.0194. The monoisotopic (exact) mass is 297 g/mol. The van der Waals surface area contributed by atoms with Crippen LogP contribution >= 0.6 is 15.9 Å². The second-order valence-corrected chi connectivity index (χ2v) is 5.02. The Morgan fingerprint density at radius 3 is 2.59 bits per heavy atom. The normalized spacial score (nSPS) is 14.8. The van der Waals surface area contributed by atoms with Crippen LogP contribution in [-0.2, 0) is 7.05 Å². The first kappa shape index (κ1) is 12.3. The van der Waals surface area contributed by atoms with Crippen molar-refractivity contribution in [1.82, 2.24) is 19.6 Å². The third-order valence-electron chi connectivity index (χ3n) is 2.80. The molecule has 0 aliphatic carbocycles. The van der Waals surface area contributed by atoms with Gasteiger partial charge in [0, 0.05) is 31.0 Å². The van der Waals surface area contributed by atoms with Crippen LogP contribution in [0.15, 0.2) is 29.3 Å². The van der Waals surface area contributed by atoms with Gasteiger partial charge in [-0.25, -0.2) is 0 Å². The fourth-order valence-electron chi connectivity index (χ4n) is 1.88. The first-order valence-corrected chi connectivity index (χ1v) is 6.35. The van der Waals surface area contributed by atoms with E-state index >= 15 is 0 Å². The molecule has 0 aliphatic heterocycles. The molecule has 0 radical (unpaired) electrons. The van der Waals surface area contributed by atoms with Crippen molar-refractivity contribution in [3.63, 3.8) is 0 Å². The van der Waals surface area contributed by atoms with Crippen molar-refractivity contribution < 1.29 is 0 Å². The molecule has 2 heterocycles. The largest absolute Gasteiger partial charge is 0.326 e. The summed E-state index contributed by atoms with van der Waals surface area (Å²) in [4.78, 5) is 0. The van der Waals surface area contributed by atoms with Crippen molar-refractivity contribution in [3.8, 4) is 0 Å². The third kappa shape index (κ3) is 2.58. The van der Waals surface area contributed by atoms with E-state index in [0.29, 0.717) is 0 Å². The second-order valence-electron chi connectivity index (χ2n) is 4.10. The predicted molar refractivity (Wildman–Crippen MR) is 69.5 cm³/mol. The van der Waals surface area contributed by atoms with Gasteiger partial charge in [-0.15, -0.1) is 0 Å². The van der Waals surface area contributed by atoms with Crippen LogP contribution in [-0.4, -0.2) is 25.6 Å². The molecule has 2 atom stereocenters. The van der Waals surface area contributed by atoms with Gasteiger partial charge in [0.15, 0.2) is 0 Å². The van der Waals surface area contributed by atoms with Crippen LogP contribution in [0, 0.1) is 0 Å². The number of hydrogen-bond acceptors (Lipinski definition) is 3. The summed E-state index contributed by atoms with van der Waals surface area (Å²) >= 11 is 3.40. The summed E-state index contributed by atoms with van der Waals surface area (Å²) in [5.74, 6) is 0. The van der Waals surface area contributed by atoms with Crippen molar-refractivity contribution in [2.45, 2.75) is 25.4 Å². The molecule has 5 nitrogen and oxygen atoms in total. The molecule has 0 spiro atoms. The second kappa shape index (κ2) is 5.01. The van der Waals surface area contributed by atoms with Gasteiger partial charge in [0.25, 0.3) is 0 Å². The maximum atomic E-state index is 6.19. The topological polar surface area (TPSA) is 61.7 Å². The van der Waals surface area contributed by atoms with Gasteiger partial charge in [0.2, 0.25) is 0 Å². The molecule has 0 saturated carbocycles. The van der Waals surface area contributed by atoms with E-state index in [2.05, 4.69) is 33.1 Å². The van der Waals surface area contributed by atoms with Gasteiger partial charge in [0.05, 0.1) is 22.9 Å². The van der Waals surface area contributed by atoms with E-state index in [-0.39, 0.29) is 12.1 Å². The zero-order valence-electron chi connectivity index (χ0n) is 9.92. The van der Waals surface area contributed by atoms with Crippen molar-refractivity contribution in [3.05, 3.63) is 34.8 Å². The number of aryl methyl sites for hydroxylation is 1. The minimum atomic E-state index is 0.0194. The Morgan fingerprint density at radius 1 is 1.35 bits per heavy atom. The fraction of sp³-hybridized carbons (Fsp3) is 0.455. The number of nitrogens with two attached hydrogens (primary N) is 1. The number of halogens is 1. The highest BCUT2D eigenvalue weighted by atomic mass is 79.9. The maximum Gasteiger partial charge on any atom is 0.0949 e. The van der Waals surface area contributed by atoms with Gasteiger partial charge in [-0.3, -0.25) is 9.36 Å². The molecule has 0 saturated heterocycles. The van der Waals surface area contributed by atoms with Gasteiger partial charge >= 0.3 is 0 Å². The van der Waals surface area contributed by atoms with Crippen LogP contribution in [0.1, 0.15) is 24.9 Å². The lowest BCUT2D eigenvalue weighted by atomic mass is 10.0. The van der Waals surface area contributed by atoms with Crippen LogP contribution in [0.2, 0.25) is 0 Å². The average molecular weight is 298 g/mol.